The quantitative estimate of drug-likeness (QED) is 0.269. The molecule has 2 fully saturated rings. The van der Waals surface area contributed by atoms with E-state index in [9.17, 15) is 9.59 Å². The number of hydrogen-bond donors (Lipinski definition) is 5. The van der Waals surface area contributed by atoms with Crippen LogP contribution in [-0.2, 0) is 0 Å². The third kappa shape index (κ3) is 5.55. The van der Waals surface area contributed by atoms with Crippen LogP contribution in [0.2, 0.25) is 5.02 Å². The molecule has 1 aliphatic carbocycles. The highest BCUT2D eigenvalue weighted by Crippen LogP contribution is 2.37. The summed E-state index contributed by atoms with van der Waals surface area (Å²) in [7, 11) is 0. The van der Waals surface area contributed by atoms with E-state index in [1.54, 1.807) is 30.3 Å². The Labute approximate surface area is 248 Å². The summed E-state index contributed by atoms with van der Waals surface area (Å²) < 4.78 is 0. The van der Waals surface area contributed by atoms with Gasteiger partial charge < -0.3 is 38.1 Å². The molecule has 42 heavy (non-hydrogen) atoms. The maximum atomic E-state index is 13.2. The molecular weight excluding hydrogens is 556 g/mol. The van der Waals surface area contributed by atoms with Crippen molar-refractivity contribution in [2.75, 3.05) is 41.3 Å². The molecule has 13 heteroatoms. The molecule has 5 atom stereocenters. The molecule has 0 bridgehead atoms. The molecule has 220 valence electrons. The lowest BCUT2D eigenvalue weighted by atomic mass is 9.90. The number of aromatic nitrogens is 3. The van der Waals surface area contributed by atoms with Gasteiger partial charge in [-0.2, -0.15) is 15.0 Å². The predicted molar refractivity (Wildman–Crippen MR) is 163 cm³/mol. The van der Waals surface area contributed by atoms with Crippen molar-refractivity contribution in [3.63, 3.8) is 0 Å². The number of carbonyl (C=O) groups excluding carboxylic acids is 2. The average Bonchev–Trinajstić information content (AvgIpc) is 3.16. The summed E-state index contributed by atoms with van der Waals surface area (Å²) in [5.74, 6) is -0.108. The summed E-state index contributed by atoms with van der Waals surface area (Å²) in [4.78, 5) is 44.5. The van der Waals surface area contributed by atoms with Gasteiger partial charge in [0.25, 0.3) is 0 Å². The van der Waals surface area contributed by atoms with E-state index in [-0.39, 0.29) is 35.7 Å². The second-order valence-electron chi connectivity index (χ2n) is 11.6. The first-order valence-corrected chi connectivity index (χ1v) is 14.5. The molecule has 6 rings (SSSR count). The zero-order valence-corrected chi connectivity index (χ0v) is 24.1. The van der Waals surface area contributed by atoms with E-state index in [0.29, 0.717) is 71.4 Å². The summed E-state index contributed by atoms with van der Waals surface area (Å²) in [6.45, 7) is 4.15. The number of carbonyl (C=O) groups is 2. The van der Waals surface area contributed by atoms with Gasteiger partial charge in [0.15, 0.2) is 11.6 Å². The second-order valence-corrected chi connectivity index (χ2v) is 12.1. The van der Waals surface area contributed by atoms with Gasteiger partial charge in [-0.05, 0) is 61.2 Å². The van der Waals surface area contributed by atoms with Crippen LogP contribution < -0.4 is 38.1 Å². The van der Waals surface area contributed by atoms with E-state index in [1.165, 1.54) is 0 Å². The fourth-order valence-corrected chi connectivity index (χ4v) is 6.40. The Hall–Kier alpha value is -3.68. The van der Waals surface area contributed by atoms with Crippen LogP contribution in [-0.4, -0.2) is 76.9 Å². The van der Waals surface area contributed by atoms with E-state index < -0.39 is 5.92 Å². The molecule has 0 saturated carbocycles. The van der Waals surface area contributed by atoms with Crippen molar-refractivity contribution in [3.05, 3.63) is 63.7 Å². The number of rotatable bonds is 5. The van der Waals surface area contributed by atoms with Gasteiger partial charge in [0, 0.05) is 72.2 Å². The number of nitrogens with zero attached hydrogens (tertiary/aromatic N) is 5. The number of fused-ring (bicyclic) bond motifs is 1. The Morgan fingerprint density at radius 2 is 1.31 bits per heavy atom. The molecule has 3 aromatic rings. The zero-order valence-electron chi connectivity index (χ0n) is 23.3. The molecule has 2 aromatic carbocycles. The van der Waals surface area contributed by atoms with Crippen LogP contribution in [0.25, 0.3) is 0 Å². The van der Waals surface area contributed by atoms with Crippen LogP contribution in [0.15, 0.2) is 36.4 Å². The summed E-state index contributed by atoms with van der Waals surface area (Å²) in [6, 6.07) is 9.88. The number of ketones is 2. The summed E-state index contributed by atoms with van der Waals surface area (Å²) in [5.41, 5.74) is 27.9. The van der Waals surface area contributed by atoms with Gasteiger partial charge in [-0.25, -0.2) is 0 Å². The standard InChI is InChI=1S/C29H35ClN10O2/c1-14-6-20(3-5-21(14)24-25(41)22-4-2-15(30)7-23(22)26(24)42)35-27-36-28(39-10-16(31)8-17(32)11-39)38-29(37-27)40-12-18(33)9-19(34)13-40/h2-7,16-19,24H,8-13,31-34H2,1H3,(H,35,36,37,38)/t16-,17+,18-,19+,24?. The Morgan fingerprint density at radius 3 is 1.86 bits per heavy atom. The summed E-state index contributed by atoms with van der Waals surface area (Å²) >= 11 is 6.09. The van der Waals surface area contributed by atoms with Gasteiger partial charge in [-0.3, -0.25) is 9.59 Å². The number of nitrogens with two attached hydrogens (primary N) is 4. The van der Waals surface area contributed by atoms with Gasteiger partial charge >= 0.3 is 0 Å². The molecular formula is C29H35ClN10O2. The molecule has 0 amide bonds. The van der Waals surface area contributed by atoms with E-state index in [1.807, 2.05) is 22.8 Å². The van der Waals surface area contributed by atoms with Gasteiger partial charge in [-0.15, -0.1) is 0 Å². The fraction of sp³-hybridized carbons (Fsp3) is 0.414. The Kier molecular flexibility index (Phi) is 7.58. The van der Waals surface area contributed by atoms with Gasteiger partial charge in [0.2, 0.25) is 17.8 Å². The van der Waals surface area contributed by atoms with Gasteiger partial charge in [0.1, 0.15) is 5.92 Å². The number of aryl methyl sites for hydroxylation is 1. The van der Waals surface area contributed by atoms with Crippen molar-refractivity contribution in [2.24, 2.45) is 22.9 Å². The second kappa shape index (κ2) is 11.2. The maximum absolute atomic E-state index is 13.2. The molecule has 1 aromatic heterocycles. The SMILES string of the molecule is Cc1cc(Nc2nc(N3C[C@H](N)C[C@H](N)C3)nc(N3C[C@H](N)C[C@H](N)C3)n2)ccc1C1C(=O)c2ccc(Cl)cc2C1=O. The van der Waals surface area contributed by atoms with Crippen molar-refractivity contribution >= 4 is 46.7 Å². The molecule has 0 spiro atoms. The Bertz CT molecular complexity index is 1490. The van der Waals surface area contributed by atoms with E-state index >= 15 is 0 Å². The smallest absolute Gasteiger partial charge is 0.233 e. The number of anilines is 4. The number of hydrogen-bond acceptors (Lipinski definition) is 12. The predicted octanol–water partition coefficient (Wildman–Crippen LogP) is 1.47. The minimum absolute atomic E-state index is 0.0967. The number of nitrogens with one attached hydrogen (secondary N) is 1. The Balaban J connectivity index is 1.30. The first-order valence-electron chi connectivity index (χ1n) is 14.1. The lowest BCUT2D eigenvalue weighted by Crippen LogP contribution is -2.54. The molecule has 0 radical (unpaired) electrons. The molecule has 2 aliphatic heterocycles. The van der Waals surface area contributed by atoms with Crippen molar-refractivity contribution in [3.8, 4) is 0 Å². The lowest BCUT2D eigenvalue weighted by Gasteiger charge is -2.37. The highest BCUT2D eigenvalue weighted by Gasteiger charge is 2.40. The van der Waals surface area contributed by atoms with Gasteiger partial charge in [0.05, 0.1) is 0 Å². The normalized spacial score (nSPS) is 26.0. The third-order valence-electron chi connectivity index (χ3n) is 8.08. The lowest BCUT2D eigenvalue weighted by molar-refractivity contribution is 0.0889. The van der Waals surface area contributed by atoms with Crippen LogP contribution >= 0.6 is 11.6 Å². The highest BCUT2D eigenvalue weighted by molar-refractivity contribution is 6.34. The number of Topliss-reactive ketones (excluding diaryl/α,β-unsaturated/α-hetero) is 2. The first-order chi connectivity index (χ1) is 20.0. The van der Waals surface area contributed by atoms with Crippen molar-refractivity contribution in [1.82, 2.24) is 15.0 Å². The molecule has 9 N–H and O–H groups in total. The average molecular weight is 591 g/mol. The van der Waals surface area contributed by atoms with Crippen LogP contribution in [0.1, 0.15) is 50.6 Å². The Morgan fingerprint density at radius 1 is 0.762 bits per heavy atom. The molecule has 1 unspecified atom stereocenters. The van der Waals surface area contributed by atoms with Crippen LogP contribution in [0.5, 0.6) is 0 Å². The van der Waals surface area contributed by atoms with E-state index in [0.717, 1.165) is 18.4 Å². The molecule has 12 nitrogen and oxygen atoms in total. The van der Waals surface area contributed by atoms with Crippen LogP contribution in [0, 0.1) is 6.92 Å². The minimum Gasteiger partial charge on any atom is -0.338 e. The topological polar surface area (TPSA) is 195 Å². The van der Waals surface area contributed by atoms with Crippen molar-refractivity contribution in [1.29, 1.82) is 0 Å². The largest absolute Gasteiger partial charge is 0.338 e. The van der Waals surface area contributed by atoms with Crippen LogP contribution in [0.4, 0.5) is 23.5 Å². The molecule has 2 saturated heterocycles. The third-order valence-corrected chi connectivity index (χ3v) is 8.32. The van der Waals surface area contributed by atoms with E-state index in [2.05, 4.69) is 5.32 Å². The van der Waals surface area contributed by atoms with Gasteiger partial charge in [-0.1, -0.05) is 17.7 Å². The van der Waals surface area contributed by atoms with Crippen molar-refractivity contribution in [2.45, 2.75) is 49.9 Å². The number of piperidine rings is 2. The highest BCUT2D eigenvalue weighted by atomic mass is 35.5. The number of benzene rings is 2. The first kappa shape index (κ1) is 28.4. The maximum Gasteiger partial charge on any atom is 0.233 e. The monoisotopic (exact) mass is 590 g/mol. The fourth-order valence-electron chi connectivity index (χ4n) is 6.23. The molecule has 3 aliphatic rings. The van der Waals surface area contributed by atoms with E-state index in [4.69, 9.17) is 49.5 Å². The van der Waals surface area contributed by atoms with Crippen LogP contribution in [0.3, 0.4) is 0 Å². The molecule has 3 heterocycles. The number of halogens is 1. The summed E-state index contributed by atoms with van der Waals surface area (Å²) in [6.07, 6.45) is 1.45. The summed E-state index contributed by atoms with van der Waals surface area (Å²) in [5, 5.41) is 3.71. The minimum atomic E-state index is -0.900. The van der Waals surface area contributed by atoms with Crippen molar-refractivity contribution < 1.29 is 9.59 Å². The zero-order chi connectivity index (χ0) is 29.7.